The summed E-state index contributed by atoms with van der Waals surface area (Å²) in [5.41, 5.74) is 0.620. The quantitative estimate of drug-likeness (QED) is 0.723. The summed E-state index contributed by atoms with van der Waals surface area (Å²) in [5, 5.41) is 18.4. The molecule has 0 aliphatic carbocycles. The van der Waals surface area contributed by atoms with E-state index >= 15 is 0 Å². The van der Waals surface area contributed by atoms with Crippen LogP contribution >= 0.6 is 0 Å². The minimum absolute atomic E-state index is 0.00514. The number of aliphatic hydroxyl groups is 2. The zero-order valence-electron chi connectivity index (χ0n) is 7.86. The lowest BCUT2D eigenvalue weighted by atomic mass is 9.81. The molecule has 74 valence electrons. The number of hydrogen-bond donors (Lipinski definition) is 2. The van der Waals surface area contributed by atoms with E-state index in [1.807, 2.05) is 13.0 Å². The van der Waals surface area contributed by atoms with Crippen molar-refractivity contribution in [2.24, 2.45) is 5.41 Å². The molecule has 0 spiro atoms. The van der Waals surface area contributed by atoms with Crippen LogP contribution in [0.15, 0.2) is 23.0 Å². The van der Waals surface area contributed by atoms with Gasteiger partial charge < -0.3 is 14.6 Å². The summed E-state index contributed by atoms with van der Waals surface area (Å²) >= 11 is 0. The van der Waals surface area contributed by atoms with Gasteiger partial charge in [0.2, 0.25) is 0 Å². The maximum atomic E-state index is 9.18. The van der Waals surface area contributed by atoms with E-state index in [-0.39, 0.29) is 13.2 Å². The average Bonchev–Trinajstić information content (AvgIpc) is 2.67. The number of hydrogen-bond acceptors (Lipinski definition) is 3. The van der Waals surface area contributed by atoms with E-state index in [4.69, 9.17) is 4.42 Å². The average molecular weight is 184 g/mol. The van der Waals surface area contributed by atoms with Crippen molar-refractivity contribution >= 4 is 0 Å². The molecule has 0 bridgehead atoms. The molecule has 1 rings (SSSR count). The number of aliphatic hydroxyl groups excluding tert-OH is 2. The molecule has 0 aliphatic heterocycles. The summed E-state index contributed by atoms with van der Waals surface area (Å²) in [6.45, 7) is 1.98. The van der Waals surface area contributed by atoms with Crippen molar-refractivity contribution in [1.29, 1.82) is 0 Å². The predicted molar refractivity (Wildman–Crippen MR) is 49.3 cm³/mol. The maximum absolute atomic E-state index is 9.18. The predicted octanol–water partition coefficient (Wildman–Crippen LogP) is 1.20. The largest absolute Gasteiger partial charge is 0.472 e. The van der Waals surface area contributed by atoms with Gasteiger partial charge >= 0.3 is 0 Å². The molecule has 2 N–H and O–H groups in total. The van der Waals surface area contributed by atoms with Crippen LogP contribution in [0.1, 0.15) is 18.9 Å². The third-order valence-corrected chi connectivity index (χ3v) is 2.58. The Kier molecular flexibility index (Phi) is 3.51. The highest BCUT2D eigenvalue weighted by Gasteiger charge is 2.27. The minimum Gasteiger partial charge on any atom is -0.472 e. The van der Waals surface area contributed by atoms with E-state index in [2.05, 4.69) is 0 Å². The van der Waals surface area contributed by atoms with E-state index in [0.717, 1.165) is 12.0 Å². The van der Waals surface area contributed by atoms with Crippen molar-refractivity contribution in [1.82, 2.24) is 0 Å². The number of furan rings is 1. The van der Waals surface area contributed by atoms with Crippen LogP contribution in [-0.2, 0) is 6.42 Å². The third kappa shape index (κ3) is 2.32. The lowest BCUT2D eigenvalue weighted by Gasteiger charge is -2.27. The van der Waals surface area contributed by atoms with E-state index in [0.29, 0.717) is 6.42 Å². The molecule has 0 radical (unpaired) electrons. The Labute approximate surface area is 78.0 Å². The third-order valence-electron chi connectivity index (χ3n) is 2.58. The summed E-state index contributed by atoms with van der Waals surface area (Å²) in [7, 11) is 0. The van der Waals surface area contributed by atoms with Gasteiger partial charge in [0.1, 0.15) is 0 Å². The fourth-order valence-corrected chi connectivity index (χ4v) is 1.34. The fourth-order valence-electron chi connectivity index (χ4n) is 1.34. The Bertz CT molecular complexity index is 216. The molecular weight excluding hydrogens is 168 g/mol. The van der Waals surface area contributed by atoms with E-state index in [1.165, 1.54) is 0 Å². The first-order chi connectivity index (χ1) is 6.26. The Morgan fingerprint density at radius 3 is 2.46 bits per heavy atom. The minimum atomic E-state index is -0.399. The summed E-state index contributed by atoms with van der Waals surface area (Å²) in [4.78, 5) is 0. The van der Waals surface area contributed by atoms with Gasteiger partial charge in [-0.2, -0.15) is 0 Å². The highest BCUT2D eigenvalue weighted by atomic mass is 16.3. The van der Waals surface area contributed by atoms with Crippen molar-refractivity contribution in [3.05, 3.63) is 24.2 Å². The molecule has 0 aliphatic rings. The molecule has 1 aromatic rings. The van der Waals surface area contributed by atoms with Crippen LogP contribution in [0.2, 0.25) is 0 Å². The highest BCUT2D eigenvalue weighted by Crippen LogP contribution is 2.26. The first-order valence-electron chi connectivity index (χ1n) is 4.49. The van der Waals surface area contributed by atoms with Gasteiger partial charge in [0.15, 0.2) is 0 Å². The van der Waals surface area contributed by atoms with Gasteiger partial charge in [-0.1, -0.05) is 6.92 Å². The van der Waals surface area contributed by atoms with Crippen molar-refractivity contribution in [2.45, 2.75) is 19.8 Å². The summed E-state index contributed by atoms with van der Waals surface area (Å²) in [6, 6.07) is 1.86. The lowest BCUT2D eigenvalue weighted by molar-refractivity contribution is 0.0513. The zero-order chi connectivity index (χ0) is 9.73. The van der Waals surface area contributed by atoms with E-state index in [9.17, 15) is 10.2 Å². The monoisotopic (exact) mass is 184 g/mol. The van der Waals surface area contributed by atoms with Crippen LogP contribution in [0.3, 0.4) is 0 Å². The second-order valence-electron chi connectivity index (χ2n) is 3.48. The van der Waals surface area contributed by atoms with Gasteiger partial charge in [0.05, 0.1) is 25.7 Å². The van der Waals surface area contributed by atoms with Gasteiger partial charge in [0, 0.05) is 5.41 Å². The SMILES string of the molecule is CCC(CO)(CO)Cc1ccoc1. The van der Waals surface area contributed by atoms with Crippen LogP contribution in [0, 0.1) is 5.41 Å². The molecular formula is C10H16O3. The molecule has 1 aromatic heterocycles. The smallest absolute Gasteiger partial charge is 0.0934 e. The molecule has 0 fully saturated rings. The fraction of sp³-hybridized carbons (Fsp3) is 0.600. The molecule has 0 unspecified atom stereocenters. The van der Waals surface area contributed by atoms with Crippen molar-refractivity contribution in [2.75, 3.05) is 13.2 Å². The van der Waals surface area contributed by atoms with Crippen LogP contribution < -0.4 is 0 Å². The van der Waals surface area contributed by atoms with E-state index < -0.39 is 5.41 Å². The van der Waals surface area contributed by atoms with Gasteiger partial charge in [-0.3, -0.25) is 0 Å². The molecule has 0 saturated carbocycles. The highest BCUT2D eigenvalue weighted by molar-refractivity contribution is 5.08. The molecule has 0 amide bonds. The molecule has 0 saturated heterocycles. The summed E-state index contributed by atoms with van der Waals surface area (Å²) in [6.07, 6.45) is 4.67. The zero-order valence-corrected chi connectivity index (χ0v) is 7.86. The normalized spacial score (nSPS) is 11.9. The molecule has 1 heterocycles. The lowest BCUT2D eigenvalue weighted by Crippen LogP contribution is -2.31. The van der Waals surface area contributed by atoms with Crippen molar-refractivity contribution in [3.8, 4) is 0 Å². The number of rotatable bonds is 5. The first-order valence-corrected chi connectivity index (χ1v) is 4.49. The first kappa shape index (κ1) is 10.3. The molecule has 3 nitrogen and oxygen atoms in total. The molecule has 0 aromatic carbocycles. The topological polar surface area (TPSA) is 53.6 Å². The maximum Gasteiger partial charge on any atom is 0.0934 e. The van der Waals surface area contributed by atoms with Crippen molar-refractivity contribution < 1.29 is 14.6 Å². The molecule has 13 heavy (non-hydrogen) atoms. The Balaban J connectivity index is 2.67. The molecule has 3 heteroatoms. The Morgan fingerprint density at radius 2 is 2.08 bits per heavy atom. The van der Waals surface area contributed by atoms with Crippen LogP contribution in [0.5, 0.6) is 0 Å². The summed E-state index contributed by atoms with van der Waals surface area (Å²) in [5.74, 6) is 0. The Morgan fingerprint density at radius 1 is 1.38 bits per heavy atom. The molecule has 0 atom stereocenters. The van der Waals surface area contributed by atoms with Crippen molar-refractivity contribution in [3.63, 3.8) is 0 Å². The van der Waals surface area contributed by atoms with Crippen LogP contribution in [-0.4, -0.2) is 23.4 Å². The van der Waals surface area contributed by atoms with E-state index in [1.54, 1.807) is 12.5 Å². The van der Waals surface area contributed by atoms with Gasteiger partial charge in [-0.25, -0.2) is 0 Å². The second-order valence-corrected chi connectivity index (χ2v) is 3.48. The van der Waals surface area contributed by atoms with Crippen LogP contribution in [0.4, 0.5) is 0 Å². The van der Waals surface area contributed by atoms with Gasteiger partial charge in [-0.15, -0.1) is 0 Å². The van der Waals surface area contributed by atoms with Crippen LogP contribution in [0.25, 0.3) is 0 Å². The summed E-state index contributed by atoms with van der Waals surface area (Å²) < 4.78 is 4.93. The van der Waals surface area contributed by atoms with Gasteiger partial charge in [0.25, 0.3) is 0 Å². The second kappa shape index (κ2) is 4.44. The van der Waals surface area contributed by atoms with Gasteiger partial charge in [-0.05, 0) is 24.5 Å². The Hall–Kier alpha value is -0.800. The standard InChI is InChI=1S/C10H16O3/c1-2-10(7-11,8-12)5-9-3-4-13-6-9/h3-4,6,11-12H,2,5,7-8H2,1H3.